The Bertz CT molecular complexity index is 730. The Morgan fingerprint density at radius 2 is 1.74 bits per heavy atom. The molecule has 0 aliphatic rings. The van der Waals surface area contributed by atoms with E-state index in [1.165, 1.54) is 7.11 Å². The summed E-state index contributed by atoms with van der Waals surface area (Å²) < 4.78 is 41.3. The average Bonchev–Trinajstić information content (AvgIpc) is 2.49. The number of ether oxygens (including phenoxy) is 2. The first-order chi connectivity index (χ1) is 11.9. The second-order valence-corrected chi connectivity index (χ2v) is 8.01. The predicted molar refractivity (Wildman–Crippen MR) is 102 cm³/mol. The zero-order valence-electron chi connectivity index (χ0n) is 15.1. The molecule has 1 aromatic rings. The van der Waals surface area contributed by atoms with Crippen molar-refractivity contribution in [2.45, 2.75) is 39.0 Å². The van der Waals surface area contributed by atoms with Crippen LogP contribution in [-0.2, 0) is 26.2 Å². The van der Waals surface area contributed by atoms with Crippen LogP contribution in [0, 0.1) is 0 Å². The zero-order chi connectivity index (χ0) is 20.0. The summed E-state index contributed by atoms with van der Waals surface area (Å²) in [6, 6.07) is 5.35. The van der Waals surface area contributed by atoms with Crippen molar-refractivity contribution >= 4 is 51.7 Å². The van der Waals surface area contributed by atoms with Crippen molar-refractivity contribution in [3.05, 3.63) is 29.8 Å². The molecule has 9 nitrogen and oxygen atoms in total. The molecular formula is C16H25N2NaO7S. The van der Waals surface area contributed by atoms with Gasteiger partial charge in [0.05, 0.1) is 7.11 Å². The molecule has 0 aliphatic carbocycles. The average molecular weight is 412 g/mol. The Labute approximate surface area is 181 Å². The summed E-state index contributed by atoms with van der Waals surface area (Å²) in [6.45, 7) is 4.96. The molecule has 3 N–H and O–H groups in total. The number of benzene rings is 1. The van der Waals surface area contributed by atoms with Gasteiger partial charge < -0.3 is 20.1 Å². The number of hydrogen-bond donors (Lipinski definition) is 3. The normalized spacial score (nSPS) is 12.3. The number of nitrogens with one attached hydrogen (secondary N) is 2. The number of rotatable bonds is 7. The Balaban J connectivity index is 0.00000676. The summed E-state index contributed by atoms with van der Waals surface area (Å²) >= 11 is 0. The van der Waals surface area contributed by atoms with Gasteiger partial charge >= 0.3 is 35.7 Å². The van der Waals surface area contributed by atoms with Crippen molar-refractivity contribution in [1.82, 2.24) is 10.6 Å². The molecule has 27 heavy (non-hydrogen) atoms. The molecule has 2 amide bonds. The Morgan fingerprint density at radius 1 is 1.19 bits per heavy atom. The van der Waals surface area contributed by atoms with Crippen LogP contribution in [-0.4, -0.2) is 79.0 Å². The van der Waals surface area contributed by atoms with Gasteiger partial charge in [-0.15, -0.1) is 0 Å². The third kappa shape index (κ3) is 11.2. The van der Waals surface area contributed by atoms with Crippen LogP contribution in [0.25, 0.3) is 0 Å². The molecule has 0 saturated heterocycles. The van der Waals surface area contributed by atoms with Gasteiger partial charge in [0.25, 0.3) is 10.1 Å². The molecule has 0 fully saturated rings. The van der Waals surface area contributed by atoms with Gasteiger partial charge in [-0.2, -0.15) is 8.42 Å². The van der Waals surface area contributed by atoms with Crippen LogP contribution in [0.5, 0.6) is 5.75 Å². The molecule has 1 aromatic carbocycles. The van der Waals surface area contributed by atoms with E-state index in [1.54, 1.807) is 45.0 Å². The minimum absolute atomic E-state index is 0. The monoisotopic (exact) mass is 412 g/mol. The van der Waals surface area contributed by atoms with Crippen LogP contribution in [0.1, 0.15) is 26.3 Å². The van der Waals surface area contributed by atoms with E-state index >= 15 is 0 Å². The summed E-state index contributed by atoms with van der Waals surface area (Å²) in [6.07, 6.45) is -0.967. The molecular weight excluding hydrogens is 387 g/mol. The fourth-order valence-corrected chi connectivity index (χ4v) is 2.56. The molecule has 0 spiro atoms. The molecule has 0 bridgehead atoms. The van der Waals surface area contributed by atoms with Gasteiger partial charge in [0.2, 0.25) is 5.91 Å². The SMILES string of the molecule is COc1ccc(CNC(=O)[C@H](CS(=O)(=O)O)NC(=O)OC(C)(C)C)cc1.[NaH]. The molecule has 1 rings (SSSR count). The van der Waals surface area contributed by atoms with E-state index < -0.39 is 39.5 Å². The van der Waals surface area contributed by atoms with E-state index in [0.717, 1.165) is 5.56 Å². The number of carbonyl (C=O) groups is 2. The molecule has 148 valence electrons. The molecule has 0 radical (unpaired) electrons. The van der Waals surface area contributed by atoms with E-state index in [-0.39, 0.29) is 36.1 Å². The van der Waals surface area contributed by atoms with Crippen molar-refractivity contribution in [2.24, 2.45) is 0 Å². The van der Waals surface area contributed by atoms with Crippen molar-refractivity contribution < 1.29 is 32.0 Å². The fourth-order valence-electron chi connectivity index (χ4n) is 1.90. The van der Waals surface area contributed by atoms with Crippen molar-refractivity contribution in [1.29, 1.82) is 0 Å². The second kappa shape index (κ2) is 10.9. The molecule has 0 unspecified atom stereocenters. The van der Waals surface area contributed by atoms with E-state index in [0.29, 0.717) is 5.75 Å². The standard InChI is InChI=1S/C16H24N2O7S.Na.H/c1-16(2,3)25-15(20)18-13(10-26(21,22)23)14(19)17-9-11-5-7-12(24-4)8-6-11;;/h5-8,13H,9-10H2,1-4H3,(H,17,19)(H,18,20)(H,21,22,23);;/t13-;;/m0../s1. The van der Waals surface area contributed by atoms with Gasteiger partial charge in [-0.1, -0.05) is 12.1 Å². The number of amides is 2. The Kier molecular flexibility index (Phi) is 10.3. The van der Waals surface area contributed by atoms with Gasteiger partial charge in [-0.25, -0.2) is 4.79 Å². The van der Waals surface area contributed by atoms with Crippen LogP contribution in [0.15, 0.2) is 24.3 Å². The van der Waals surface area contributed by atoms with Crippen LogP contribution in [0.2, 0.25) is 0 Å². The van der Waals surface area contributed by atoms with E-state index in [2.05, 4.69) is 10.6 Å². The molecule has 0 heterocycles. The van der Waals surface area contributed by atoms with Crippen LogP contribution in [0.4, 0.5) is 4.79 Å². The van der Waals surface area contributed by atoms with Gasteiger partial charge in [0, 0.05) is 6.54 Å². The van der Waals surface area contributed by atoms with Crippen molar-refractivity contribution in [2.75, 3.05) is 12.9 Å². The zero-order valence-corrected chi connectivity index (χ0v) is 15.9. The van der Waals surface area contributed by atoms with Gasteiger partial charge in [-0.05, 0) is 38.5 Å². The maximum atomic E-state index is 12.2. The maximum absolute atomic E-state index is 12.2. The third-order valence-corrected chi connectivity index (χ3v) is 3.77. The first-order valence-electron chi connectivity index (χ1n) is 7.75. The van der Waals surface area contributed by atoms with Crippen LogP contribution >= 0.6 is 0 Å². The summed E-state index contributed by atoms with van der Waals surface area (Å²) in [7, 11) is -2.97. The summed E-state index contributed by atoms with van der Waals surface area (Å²) in [5.74, 6) is -1.10. The summed E-state index contributed by atoms with van der Waals surface area (Å²) in [5.41, 5.74) is -0.0891. The fraction of sp³-hybridized carbons (Fsp3) is 0.500. The van der Waals surface area contributed by atoms with Gasteiger partial charge in [-0.3, -0.25) is 9.35 Å². The quantitative estimate of drug-likeness (QED) is 0.438. The van der Waals surface area contributed by atoms with E-state index in [4.69, 9.17) is 14.0 Å². The first kappa shape index (κ1) is 25.7. The molecule has 0 saturated carbocycles. The van der Waals surface area contributed by atoms with E-state index in [9.17, 15) is 18.0 Å². The number of methoxy groups -OCH3 is 1. The summed E-state index contributed by atoms with van der Waals surface area (Å²) in [5, 5.41) is 4.65. The predicted octanol–water partition coefficient (Wildman–Crippen LogP) is 0.444. The van der Waals surface area contributed by atoms with Gasteiger partial charge in [0.15, 0.2) is 0 Å². The second-order valence-electron chi connectivity index (χ2n) is 6.51. The Morgan fingerprint density at radius 3 is 2.19 bits per heavy atom. The minimum atomic E-state index is -4.50. The van der Waals surface area contributed by atoms with Crippen molar-refractivity contribution in [3.8, 4) is 5.75 Å². The Hall–Kier alpha value is -1.33. The molecule has 1 atom stereocenters. The van der Waals surface area contributed by atoms with Crippen LogP contribution in [0.3, 0.4) is 0 Å². The number of hydrogen-bond acceptors (Lipinski definition) is 6. The number of carbonyl (C=O) groups excluding carboxylic acids is 2. The molecule has 0 aromatic heterocycles. The van der Waals surface area contributed by atoms with Gasteiger partial charge in [0.1, 0.15) is 23.1 Å². The molecule has 11 heteroatoms. The topological polar surface area (TPSA) is 131 Å². The molecule has 0 aliphatic heterocycles. The number of alkyl carbamates (subject to hydrolysis) is 1. The summed E-state index contributed by atoms with van der Waals surface area (Å²) in [4.78, 5) is 24.0. The van der Waals surface area contributed by atoms with E-state index in [1.807, 2.05) is 0 Å². The van der Waals surface area contributed by atoms with Crippen LogP contribution < -0.4 is 15.4 Å². The third-order valence-electron chi connectivity index (χ3n) is 3.01. The first-order valence-corrected chi connectivity index (χ1v) is 9.36. The van der Waals surface area contributed by atoms with Crippen molar-refractivity contribution in [3.63, 3.8) is 0 Å².